The molecule has 11 aromatic carbocycles. The second kappa shape index (κ2) is 19.7. The molecular weight excluding hydrogens is 954 g/mol. The third-order valence-electron chi connectivity index (χ3n) is 14.2. The molecule has 0 aliphatic rings. The summed E-state index contributed by atoms with van der Waals surface area (Å²) in [6.45, 7) is 0. The summed E-state index contributed by atoms with van der Waals surface area (Å²) in [5.41, 5.74) is 15.7. The van der Waals surface area contributed by atoms with E-state index in [2.05, 4.69) is 174 Å². The molecule has 0 aliphatic carbocycles. The van der Waals surface area contributed by atoms with Crippen LogP contribution in [0.25, 0.3) is 128 Å². The average Bonchev–Trinajstić information content (AvgIpc) is 3.92. The van der Waals surface area contributed by atoms with Crippen molar-refractivity contribution in [3.8, 4) is 107 Å². The topological polar surface area (TPSA) is 43.6 Å². The van der Waals surface area contributed by atoms with Gasteiger partial charge in [-0.2, -0.15) is 13.2 Å². The van der Waals surface area contributed by atoms with E-state index in [1.165, 1.54) is 22.9 Å². The van der Waals surface area contributed by atoms with Crippen LogP contribution in [0.2, 0.25) is 0 Å². The highest BCUT2D eigenvalue weighted by Gasteiger charge is 2.31. The first kappa shape index (κ1) is 46.8. The van der Waals surface area contributed by atoms with E-state index in [0.717, 1.165) is 72.4 Å². The molecule has 2 heterocycles. The number of benzene rings is 11. The van der Waals surface area contributed by atoms with E-state index in [1.807, 2.05) is 84.9 Å². The normalized spacial score (nSPS) is 11.6. The van der Waals surface area contributed by atoms with Gasteiger partial charge in [0.25, 0.3) is 0 Å². The molecule has 0 bridgehead atoms. The van der Waals surface area contributed by atoms with Crippen molar-refractivity contribution in [2.75, 3.05) is 0 Å². The number of hydrogen-bond donors (Lipinski definition) is 0. The number of nitrogens with zero attached hydrogens (tertiary/aromatic N) is 4. The fourth-order valence-corrected chi connectivity index (χ4v) is 10.4. The maximum Gasteiger partial charge on any atom is 0.416 e. The van der Waals surface area contributed by atoms with Gasteiger partial charge in [0.1, 0.15) is 0 Å². The average molecular weight is 999 g/mol. The predicted octanol–water partition coefficient (Wildman–Crippen LogP) is 19.0. The minimum Gasteiger partial charge on any atom is -0.309 e. The Morgan fingerprint density at radius 3 is 1.03 bits per heavy atom. The van der Waals surface area contributed by atoms with Crippen molar-refractivity contribution >= 4 is 21.8 Å². The van der Waals surface area contributed by atoms with E-state index in [4.69, 9.17) is 15.0 Å². The highest BCUT2D eigenvalue weighted by Crippen LogP contribution is 2.39. The Bertz CT molecular complexity index is 4260. The molecule has 0 amide bonds. The Kier molecular flexibility index (Phi) is 12.0. The Morgan fingerprint density at radius 1 is 0.247 bits per heavy atom. The van der Waals surface area contributed by atoms with Gasteiger partial charge in [-0.25, -0.2) is 15.0 Å². The molecular formula is C70H45F3N4. The van der Waals surface area contributed by atoms with Gasteiger partial charge in [0.15, 0.2) is 17.5 Å². The van der Waals surface area contributed by atoms with E-state index in [9.17, 15) is 13.2 Å². The van der Waals surface area contributed by atoms with Crippen LogP contribution >= 0.6 is 0 Å². The third kappa shape index (κ3) is 9.36. The minimum absolute atomic E-state index is 0.426. The smallest absolute Gasteiger partial charge is 0.309 e. The van der Waals surface area contributed by atoms with Gasteiger partial charge >= 0.3 is 6.18 Å². The molecule has 0 fully saturated rings. The molecule has 0 spiro atoms. The van der Waals surface area contributed by atoms with Gasteiger partial charge in [-0.1, -0.05) is 206 Å². The highest BCUT2D eigenvalue weighted by molar-refractivity contribution is 6.09. The lowest BCUT2D eigenvalue weighted by Gasteiger charge is -2.14. The van der Waals surface area contributed by atoms with Gasteiger partial charge in [-0.3, -0.25) is 0 Å². The molecule has 13 rings (SSSR count). The Labute approximate surface area is 443 Å². The van der Waals surface area contributed by atoms with Gasteiger partial charge in [-0.05, 0) is 133 Å². The molecule has 0 unspecified atom stereocenters. The first-order valence-electron chi connectivity index (χ1n) is 25.5. The fraction of sp³-hybridized carbons (Fsp3) is 0.0143. The van der Waals surface area contributed by atoms with Gasteiger partial charge < -0.3 is 4.57 Å². The Hall–Kier alpha value is -9.98. The zero-order chi connectivity index (χ0) is 51.9. The SMILES string of the molecule is FC(F)(F)c1cc(-c2ccccc2)cc(-c2ccc(-c3nc(-c4cccc(-c5cccc(-c6cccc(-c7ccccc7)c6)c5)c4)nc(-c4cccc(-c5cccc(-n6c7ccccc7c7ccccc76)c5)c4)n3)cc2)c1. The van der Waals surface area contributed by atoms with E-state index < -0.39 is 11.7 Å². The van der Waals surface area contributed by atoms with Crippen molar-refractivity contribution in [3.63, 3.8) is 0 Å². The number of hydrogen-bond acceptors (Lipinski definition) is 3. The largest absolute Gasteiger partial charge is 0.416 e. The van der Waals surface area contributed by atoms with Crippen LogP contribution in [0.15, 0.2) is 273 Å². The van der Waals surface area contributed by atoms with Gasteiger partial charge in [-0.15, -0.1) is 0 Å². The number of fused-ring (bicyclic) bond motifs is 3. The monoisotopic (exact) mass is 998 g/mol. The maximum absolute atomic E-state index is 14.4. The number of halogens is 3. The van der Waals surface area contributed by atoms with Crippen LogP contribution in [0.3, 0.4) is 0 Å². The van der Waals surface area contributed by atoms with Crippen LogP contribution < -0.4 is 0 Å². The lowest BCUT2D eigenvalue weighted by atomic mass is 9.95. The molecule has 77 heavy (non-hydrogen) atoms. The summed E-state index contributed by atoms with van der Waals surface area (Å²) in [4.78, 5) is 15.5. The van der Waals surface area contributed by atoms with Crippen LogP contribution in [0.4, 0.5) is 13.2 Å². The first-order valence-corrected chi connectivity index (χ1v) is 25.5. The van der Waals surface area contributed by atoms with E-state index in [1.54, 1.807) is 6.07 Å². The van der Waals surface area contributed by atoms with E-state index >= 15 is 0 Å². The number of aromatic nitrogens is 4. The number of alkyl halides is 3. The molecule has 0 radical (unpaired) electrons. The molecule has 0 saturated carbocycles. The molecule has 7 heteroatoms. The fourth-order valence-electron chi connectivity index (χ4n) is 10.4. The molecule has 13 aromatic rings. The quantitative estimate of drug-likeness (QED) is 0.137. The van der Waals surface area contributed by atoms with Gasteiger partial charge in [0.05, 0.1) is 16.6 Å². The van der Waals surface area contributed by atoms with Crippen LogP contribution in [0.5, 0.6) is 0 Å². The van der Waals surface area contributed by atoms with E-state index in [-0.39, 0.29) is 0 Å². The Morgan fingerprint density at radius 2 is 0.558 bits per heavy atom. The summed E-state index contributed by atoms with van der Waals surface area (Å²) < 4.78 is 45.4. The zero-order valence-electron chi connectivity index (χ0n) is 41.4. The summed E-state index contributed by atoms with van der Waals surface area (Å²) in [7, 11) is 0. The van der Waals surface area contributed by atoms with Gasteiger partial charge in [0, 0.05) is 33.2 Å². The zero-order valence-corrected chi connectivity index (χ0v) is 41.4. The highest BCUT2D eigenvalue weighted by atomic mass is 19.4. The standard InChI is InChI=1S/C70H45F3N4/c71-70(72,73)61-43-59(47-18-5-2-6-19-47)42-60(44-61)48-34-36-49(37-35-48)67-74-68(57-27-13-24-54(40-57)53-23-12-22-52(39-53)51-21-11-20-50(38-51)46-16-3-1-4-17-46)76-69(75-67)58-28-14-25-55(41-58)56-26-15-29-62(45-56)77-65-32-9-7-30-63(65)64-31-8-10-33-66(64)77/h1-45H. The van der Waals surface area contributed by atoms with Crippen molar-refractivity contribution in [1.82, 2.24) is 19.5 Å². The summed E-state index contributed by atoms with van der Waals surface area (Å²) in [6, 6.07) is 90.3. The summed E-state index contributed by atoms with van der Waals surface area (Å²) in [6.07, 6.45) is -4.53. The van der Waals surface area contributed by atoms with Crippen molar-refractivity contribution in [2.45, 2.75) is 6.18 Å². The van der Waals surface area contributed by atoms with Crippen molar-refractivity contribution in [3.05, 3.63) is 279 Å². The third-order valence-corrected chi connectivity index (χ3v) is 14.2. The van der Waals surface area contributed by atoms with E-state index in [0.29, 0.717) is 45.3 Å². The predicted molar refractivity (Wildman–Crippen MR) is 308 cm³/mol. The van der Waals surface area contributed by atoms with Gasteiger partial charge in [0.2, 0.25) is 0 Å². The molecule has 0 N–H and O–H groups in total. The first-order chi connectivity index (χ1) is 37.8. The molecule has 0 atom stereocenters. The van der Waals surface area contributed by atoms with Crippen LogP contribution in [0.1, 0.15) is 5.56 Å². The minimum atomic E-state index is -4.53. The number of rotatable bonds is 10. The second-order valence-electron chi connectivity index (χ2n) is 19.2. The molecule has 0 saturated heterocycles. The van der Waals surface area contributed by atoms with Crippen molar-refractivity contribution in [1.29, 1.82) is 0 Å². The molecule has 4 nitrogen and oxygen atoms in total. The number of para-hydroxylation sites is 2. The maximum atomic E-state index is 14.4. The molecule has 366 valence electrons. The van der Waals surface area contributed by atoms with Crippen molar-refractivity contribution < 1.29 is 13.2 Å². The van der Waals surface area contributed by atoms with Crippen LogP contribution in [-0.2, 0) is 6.18 Å². The summed E-state index contributed by atoms with van der Waals surface area (Å²) in [5, 5.41) is 2.40. The summed E-state index contributed by atoms with van der Waals surface area (Å²) >= 11 is 0. The lowest BCUT2D eigenvalue weighted by molar-refractivity contribution is -0.137. The molecule has 2 aromatic heterocycles. The summed E-state index contributed by atoms with van der Waals surface area (Å²) in [5.74, 6) is 1.38. The van der Waals surface area contributed by atoms with Crippen LogP contribution in [-0.4, -0.2) is 19.5 Å². The lowest BCUT2D eigenvalue weighted by Crippen LogP contribution is -2.05. The second-order valence-corrected chi connectivity index (χ2v) is 19.2. The van der Waals surface area contributed by atoms with Crippen molar-refractivity contribution in [2.24, 2.45) is 0 Å². The molecule has 0 aliphatic heterocycles. The Balaban J connectivity index is 0.899. The van der Waals surface area contributed by atoms with Crippen LogP contribution in [0, 0.1) is 0 Å².